The summed E-state index contributed by atoms with van der Waals surface area (Å²) in [6, 6.07) is 2.49. The maximum Gasteiger partial charge on any atom is 0.243 e. The summed E-state index contributed by atoms with van der Waals surface area (Å²) < 4.78 is 7.31. The van der Waals surface area contributed by atoms with Crippen molar-refractivity contribution in [3.63, 3.8) is 0 Å². The average molecular weight is 275 g/mol. The molecule has 0 aromatic carbocycles. The second-order valence-corrected chi connectivity index (χ2v) is 5.67. The third-order valence-corrected chi connectivity index (χ3v) is 3.95. The molecule has 20 heavy (non-hydrogen) atoms. The Balaban J connectivity index is 1.60. The molecular weight excluding hydrogens is 254 g/mol. The third kappa shape index (κ3) is 2.75. The average Bonchev–Trinajstić information content (AvgIpc) is 2.97. The van der Waals surface area contributed by atoms with Crippen LogP contribution in [0.25, 0.3) is 0 Å². The highest BCUT2D eigenvalue weighted by Crippen LogP contribution is 2.38. The highest BCUT2D eigenvalue weighted by molar-refractivity contribution is 5.04. The molecule has 3 atom stereocenters. The molecular formula is C14H21N5O. The molecule has 0 amide bonds. The van der Waals surface area contributed by atoms with Crippen LogP contribution in [0.1, 0.15) is 63.3 Å². The quantitative estimate of drug-likeness (QED) is 0.877. The second-order valence-electron chi connectivity index (χ2n) is 5.67. The monoisotopic (exact) mass is 275 g/mol. The Labute approximate surface area is 118 Å². The summed E-state index contributed by atoms with van der Waals surface area (Å²) in [5.41, 5.74) is 0. The standard InChI is InChI=1S/C14H21N5O/c1-9(11(3)19-8-4-7-15-19)16-10(2)14-17-13(18-20-14)12-5-6-12/h4,7-12,16H,5-6H2,1-3H3/t9-,10-,11+/m0/s1. The van der Waals surface area contributed by atoms with E-state index in [1.165, 1.54) is 12.8 Å². The van der Waals surface area contributed by atoms with E-state index >= 15 is 0 Å². The van der Waals surface area contributed by atoms with Crippen molar-refractivity contribution in [2.75, 3.05) is 0 Å². The smallest absolute Gasteiger partial charge is 0.243 e. The molecule has 0 bridgehead atoms. The predicted octanol–water partition coefficient (Wildman–Crippen LogP) is 2.44. The number of nitrogens with zero attached hydrogens (tertiary/aromatic N) is 4. The SMILES string of the molecule is C[C@H](N[C@@H](C)[C@@H](C)n1cccn1)c1nc(C2CC2)no1. The Morgan fingerprint density at radius 3 is 2.80 bits per heavy atom. The van der Waals surface area contributed by atoms with Gasteiger partial charge in [-0.2, -0.15) is 10.1 Å². The van der Waals surface area contributed by atoms with Gasteiger partial charge in [0.05, 0.1) is 12.1 Å². The molecule has 0 saturated heterocycles. The molecule has 6 nitrogen and oxygen atoms in total. The number of aromatic nitrogens is 4. The fourth-order valence-corrected chi connectivity index (χ4v) is 2.29. The lowest BCUT2D eigenvalue weighted by Crippen LogP contribution is -2.35. The van der Waals surface area contributed by atoms with Crippen molar-refractivity contribution in [2.45, 2.75) is 57.7 Å². The first kappa shape index (κ1) is 13.3. The summed E-state index contributed by atoms with van der Waals surface area (Å²) in [4.78, 5) is 4.48. The van der Waals surface area contributed by atoms with E-state index in [1.54, 1.807) is 6.20 Å². The Kier molecular flexibility index (Phi) is 3.56. The van der Waals surface area contributed by atoms with Gasteiger partial charge in [0.2, 0.25) is 5.89 Å². The van der Waals surface area contributed by atoms with Gasteiger partial charge >= 0.3 is 0 Å². The molecule has 3 rings (SSSR count). The van der Waals surface area contributed by atoms with Gasteiger partial charge in [-0.15, -0.1) is 0 Å². The highest BCUT2D eigenvalue weighted by Gasteiger charge is 2.30. The molecule has 1 saturated carbocycles. The van der Waals surface area contributed by atoms with Gasteiger partial charge in [-0.25, -0.2) is 0 Å². The second kappa shape index (κ2) is 5.36. The van der Waals surface area contributed by atoms with Crippen LogP contribution in [0.15, 0.2) is 23.0 Å². The van der Waals surface area contributed by atoms with Gasteiger partial charge in [0, 0.05) is 24.4 Å². The summed E-state index contributed by atoms with van der Waals surface area (Å²) in [7, 11) is 0. The van der Waals surface area contributed by atoms with Crippen molar-refractivity contribution in [3.05, 3.63) is 30.2 Å². The summed E-state index contributed by atoms with van der Waals surface area (Å²) in [5, 5.41) is 11.8. The first-order chi connectivity index (χ1) is 9.65. The van der Waals surface area contributed by atoms with Gasteiger partial charge in [-0.1, -0.05) is 5.16 Å². The van der Waals surface area contributed by atoms with Crippen molar-refractivity contribution in [1.29, 1.82) is 0 Å². The van der Waals surface area contributed by atoms with Crippen LogP contribution in [0.4, 0.5) is 0 Å². The van der Waals surface area contributed by atoms with E-state index in [4.69, 9.17) is 4.52 Å². The van der Waals surface area contributed by atoms with Crippen LogP contribution in [0.3, 0.4) is 0 Å². The summed E-state index contributed by atoms with van der Waals surface area (Å²) >= 11 is 0. The topological polar surface area (TPSA) is 68.8 Å². The van der Waals surface area contributed by atoms with Crippen LogP contribution in [0.2, 0.25) is 0 Å². The molecule has 0 aliphatic heterocycles. The normalized spacial score (nSPS) is 19.8. The van der Waals surface area contributed by atoms with Crippen molar-refractivity contribution in [1.82, 2.24) is 25.2 Å². The Hall–Kier alpha value is -1.69. The number of hydrogen-bond donors (Lipinski definition) is 1. The maximum atomic E-state index is 5.35. The fourth-order valence-electron chi connectivity index (χ4n) is 2.29. The zero-order valence-corrected chi connectivity index (χ0v) is 12.2. The molecule has 108 valence electrons. The zero-order valence-electron chi connectivity index (χ0n) is 12.2. The molecule has 1 aliphatic rings. The fraction of sp³-hybridized carbons (Fsp3) is 0.643. The van der Waals surface area contributed by atoms with E-state index < -0.39 is 0 Å². The van der Waals surface area contributed by atoms with Gasteiger partial charge in [-0.3, -0.25) is 4.68 Å². The molecule has 0 unspecified atom stereocenters. The summed E-state index contributed by atoms with van der Waals surface area (Å²) in [6.07, 6.45) is 6.15. The molecule has 2 aromatic rings. The van der Waals surface area contributed by atoms with Gasteiger partial charge in [0.25, 0.3) is 0 Å². The van der Waals surface area contributed by atoms with E-state index in [9.17, 15) is 0 Å². The van der Waals surface area contributed by atoms with E-state index in [1.807, 2.05) is 16.9 Å². The third-order valence-electron chi connectivity index (χ3n) is 3.95. The minimum Gasteiger partial charge on any atom is -0.338 e. The molecule has 0 spiro atoms. The number of rotatable bonds is 6. The van der Waals surface area contributed by atoms with E-state index in [-0.39, 0.29) is 18.1 Å². The van der Waals surface area contributed by atoms with Crippen molar-refractivity contribution in [3.8, 4) is 0 Å². The van der Waals surface area contributed by atoms with E-state index in [2.05, 4.69) is 41.3 Å². The van der Waals surface area contributed by atoms with Gasteiger partial charge in [0.15, 0.2) is 5.82 Å². The molecule has 0 radical (unpaired) electrons. The molecule has 2 heterocycles. The Morgan fingerprint density at radius 2 is 2.15 bits per heavy atom. The van der Waals surface area contributed by atoms with Crippen molar-refractivity contribution < 1.29 is 4.52 Å². The summed E-state index contributed by atoms with van der Waals surface area (Å²) in [6.45, 7) is 6.33. The van der Waals surface area contributed by atoms with Gasteiger partial charge < -0.3 is 9.84 Å². The van der Waals surface area contributed by atoms with Crippen LogP contribution in [0.5, 0.6) is 0 Å². The molecule has 1 aliphatic carbocycles. The largest absolute Gasteiger partial charge is 0.338 e. The highest BCUT2D eigenvalue weighted by atomic mass is 16.5. The lowest BCUT2D eigenvalue weighted by atomic mass is 10.1. The van der Waals surface area contributed by atoms with Crippen LogP contribution >= 0.6 is 0 Å². The maximum absolute atomic E-state index is 5.35. The molecule has 1 fully saturated rings. The van der Waals surface area contributed by atoms with Crippen molar-refractivity contribution in [2.24, 2.45) is 0 Å². The molecule has 2 aromatic heterocycles. The zero-order chi connectivity index (χ0) is 14.1. The van der Waals surface area contributed by atoms with Gasteiger partial charge in [0.1, 0.15) is 0 Å². The van der Waals surface area contributed by atoms with Crippen LogP contribution in [0, 0.1) is 0 Å². The molecule has 6 heteroatoms. The lowest BCUT2D eigenvalue weighted by Gasteiger charge is -2.24. The number of nitrogens with one attached hydrogen (secondary N) is 1. The van der Waals surface area contributed by atoms with Gasteiger partial charge in [-0.05, 0) is 39.7 Å². The minimum atomic E-state index is 0.0445. The molecule has 1 N–H and O–H groups in total. The lowest BCUT2D eigenvalue weighted by molar-refractivity contribution is 0.291. The minimum absolute atomic E-state index is 0.0445. The van der Waals surface area contributed by atoms with Crippen molar-refractivity contribution >= 4 is 0 Å². The Morgan fingerprint density at radius 1 is 1.35 bits per heavy atom. The summed E-state index contributed by atoms with van der Waals surface area (Å²) in [5.74, 6) is 2.06. The van der Waals surface area contributed by atoms with E-state index in [0.29, 0.717) is 11.8 Å². The van der Waals surface area contributed by atoms with E-state index in [0.717, 1.165) is 5.82 Å². The first-order valence-corrected chi connectivity index (χ1v) is 7.24. The van der Waals surface area contributed by atoms with Crippen LogP contribution < -0.4 is 5.32 Å². The van der Waals surface area contributed by atoms with Crippen LogP contribution in [-0.2, 0) is 0 Å². The predicted molar refractivity (Wildman–Crippen MR) is 74.2 cm³/mol. The first-order valence-electron chi connectivity index (χ1n) is 7.24. The number of hydrogen-bond acceptors (Lipinski definition) is 5. The van der Waals surface area contributed by atoms with Crippen LogP contribution in [-0.4, -0.2) is 26.0 Å². The Bertz CT molecular complexity index is 546.